The molecule has 0 bridgehead atoms. The topological polar surface area (TPSA) is 58.6 Å². The van der Waals surface area contributed by atoms with E-state index >= 15 is 0 Å². The molecule has 1 aromatic carbocycles. The van der Waals surface area contributed by atoms with Crippen molar-refractivity contribution < 1.29 is 14.3 Å². The first-order valence-corrected chi connectivity index (χ1v) is 11.9. The molecule has 32 heavy (non-hydrogen) atoms. The number of likely N-dealkylation sites (tertiary alicyclic amines) is 1. The van der Waals surface area contributed by atoms with Gasteiger partial charge in [0.05, 0.1) is 0 Å². The van der Waals surface area contributed by atoms with Crippen molar-refractivity contribution in [2.45, 2.75) is 86.8 Å². The number of rotatable bonds is 4. The van der Waals surface area contributed by atoms with Crippen LogP contribution in [0.25, 0.3) is 12.2 Å². The van der Waals surface area contributed by atoms with Gasteiger partial charge in [-0.3, -0.25) is 4.79 Å². The molecular weight excluding hydrogens is 400 g/mol. The molecule has 0 atom stereocenters. The molecule has 0 unspecified atom stereocenters. The molecule has 0 aromatic heterocycles. The van der Waals surface area contributed by atoms with Crippen LogP contribution in [0.2, 0.25) is 0 Å². The van der Waals surface area contributed by atoms with Gasteiger partial charge in [-0.2, -0.15) is 0 Å². The van der Waals surface area contributed by atoms with E-state index in [1.807, 2.05) is 85.4 Å². The van der Waals surface area contributed by atoms with Crippen molar-refractivity contribution in [2.75, 3.05) is 13.1 Å². The van der Waals surface area contributed by atoms with Gasteiger partial charge >= 0.3 is 6.09 Å². The quantitative estimate of drug-likeness (QED) is 0.533. The zero-order valence-corrected chi connectivity index (χ0v) is 21.9. The fourth-order valence-electron chi connectivity index (χ4n) is 2.95. The van der Waals surface area contributed by atoms with Crippen LogP contribution in [0, 0.1) is 0 Å². The predicted molar refractivity (Wildman–Crippen MR) is 139 cm³/mol. The lowest BCUT2D eigenvalue weighted by Gasteiger charge is -2.33. The summed E-state index contributed by atoms with van der Waals surface area (Å²) in [6.07, 6.45) is 4.50. The van der Waals surface area contributed by atoms with Gasteiger partial charge in [-0.15, -0.1) is 0 Å². The SMILES string of the molecule is C=Cc1ccc(C(=O)N2CCC(NC(=O)OC(C)(C)C)CC2)cc1C=C.CC.CC.CC. The summed E-state index contributed by atoms with van der Waals surface area (Å²) in [5, 5.41) is 2.88. The van der Waals surface area contributed by atoms with E-state index < -0.39 is 11.7 Å². The van der Waals surface area contributed by atoms with E-state index in [0.717, 1.165) is 11.1 Å². The largest absolute Gasteiger partial charge is 0.444 e. The van der Waals surface area contributed by atoms with Crippen LogP contribution in [0.5, 0.6) is 0 Å². The standard InChI is InChI=1S/C21H28N2O3.3C2H6/c1-6-15-8-9-17(14-16(15)7-2)19(24)23-12-10-18(11-13-23)22-20(25)26-21(3,4)5;3*1-2/h6-9,14,18H,1-2,10-13H2,3-5H3,(H,22,25);3*1-2H3. The van der Waals surface area contributed by atoms with Crippen LogP contribution in [0.3, 0.4) is 0 Å². The second-order valence-electron chi connectivity index (χ2n) is 7.46. The van der Waals surface area contributed by atoms with Crippen molar-refractivity contribution in [3.63, 3.8) is 0 Å². The molecule has 0 saturated carbocycles. The van der Waals surface area contributed by atoms with Gasteiger partial charge in [0.25, 0.3) is 5.91 Å². The van der Waals surface area contributed by atoms with E-state index in [2.05, 4.69) is 18.5 Å². The Hall–Kier alpha value is -2.56. The minimum Gasteiger partial charge on any atom is -0.444 e. The number of benzene rings is 1. The highest BCUT2D eigenvalue weighted by Crippen LogP contribution is 2.19. The number of carbonyl (C=O) groups excluding carboxylic acids is 2. The van der Waals surface area contributed by atoms with Gasteiger partial charge in [-0.1, -0.05) is 72.9 Å². The van der Waals surface area contributed by atoms with Crippen molar-refractivity contribution in [2.24, 2.45) is 0 Å². The molecule has 0 radical (unpaired) electrons. The second-order valence-corrected chi connectivity index (χ2v) is 7.46. The first-order chi connectivity index (χ1) is 15.2. The number of nitrogens with zero attached hydrogens (tertiary/aromatic N) is 1. The Kier molecular flexibility index (Phi) is 16.8. The minimum absolute atomic E-state index is 0.000527. The van der Waals surface area contributed by atoms with Crippen LogP contribution in [0.15, 0.2) is 31.4 Å². The number of alkyl carbamates (subject to hydrolysis) is 1. The number of nitrogens with one attached hydrogen (secondary N) is 1. The second kappa shape index (κ2) is 17.0. The number of piperidine rings is 1. The molecule has 0 aliphatic carbocycles. The smallest absolute Gasteiger partial charge is 0.407 e. The van der Waals surface area contributed by atoms with Gasteiger partial charge in [0.2, 0.25) is 0 Å². The first kappa shape index (κ1) is 31.6. The van der Waals surface area contributed by atoms with E-state index in [-0.39, 0.29) is 11.9 Å². The molecule has 1 aromatic rings. The third-order valence-electron chi connectivity index (χ3n) is 4.28. The summed E-state index contributed by atoms with van der Waals surface area (Å²) in [7, 11) is 0. The van der Waals surface area contributed by atoms with Crippen LogP contribution >= 0.6 is 0 Å². The van der Waals surface area contributed by atoms with Gasteiger partial charge in [-0.05, 0) is 56.9 Å². The van der Waals surface area contributed by atoms with Gasteiger partial charge < -0.3 is 15.0 Å². The van der Waals surface area contributed by atoms with Crippen molar-refractivity contribution in [3.05, 3.63) is 48.0 Å². The molecule has 1 saturated heterocycles. The molecule has 2 amide bonds. The summed E-state index contributed by atoms with van der Waals surface area (Å²) in [4.78, 5) is 26.4. The lowest BCUT2D eigenvalue weighted by Crippen LogP contribution is -2.47. The van der Waals surface area contributed by atoms with Gasteiger partial charge in [-0.25, -0.2) is 4.79 Å². The van der Waals surface area contributed by atoms with Crippen LogP contribution in [-0.2, 0) is 4.74 Å². The molecule has 0 spiro atoms. The molecule has 5 nitrogen and oxygen atoms in total. The van der Waals surface area contributed by atoms with Crippen LogP contribution in [0.1, 0.15) is 96.6 Å². The molecule has 5 heteroatoms. The third kappa shape index (κ3) is 11.2. The molecule has 2 rings (SSSR count). The van der Waals surface area contributed by atoms with E-state index in [1.165, 1.54) is 0 Å². The van der Waals surface area contributed by atoms with Gasteiger partial charge in [0.15, 0.2) is 0 Å². The van der Waals surface area contributed by atoms with Crippen molar-refractivity contribution in [1.82, 2.24) is 10.2 Å². The van der Waals surface area contributed by atoms with Crippen molar-refractivity contribution in [1.29, 1.82) is 0 Å². The van der Waals surface area contributed by atoms with Crippen molar-refractivity contribution >= 4 is 24.2 Å². The number of amides is 2. The van der Waals surface area contributed by atoms with Gasteiger partial charge in [0.1, 0.15) is 5.60 Å². The Labute approximate surface area is 196 Å². The molecular formula is C27H46N2O3. The van der Waals surface area contributed by atoms with Crippen LogP contribution < -0.4 is 5.32 Å². The lowest BCUT2D eigenvalue weighted by atomic mass is 10.0. The maximum atomic E-state index is 12.7. The average Bonchev–Trinajstić information content (AvgIpc) is 2.81. The van der Waals surface area contributed by atoms with E-state index in [0.29, 0.717) is 31.5 Å². The molecule has 1 fully saturated rings. The minimum atomic E-state index is -0.513. The first-order valence-electron chi connectivity index (χ1n) is 11.9. The molecule has 1 heterocycles. The Bertz CT molecular complexity index is 697. The summed E-state index contributed by atoms with van der Waals surface area (Å²) in [5.74, 6) is -0.000527. The zero-order valence-electron chi connectivity index (χ0n) is 21.9. The highest BCUT2D eigenvalue weighted by Gasteiger charge is 2.26. The number of hydrogen-bond acceptors (Lipinski definition) is 3. The fraction of sp³-hybridized carbons (Fsp3) is 0.556. The molecule has 182 valence electrons. The molecule has 1 N–H and O–H groups in total. The molecule has 1 aliphatic heterocycles. The summed E-state index contributed by atoms with van der Waals surface area (Å²) >= 11 is 0. The Morgan fingerprint density at radius 3 is 1.91 bits per heavy atom. The summed E-state index contributed by atoms with van der Waals surface area (Å²) in [6, 6.07) is 5.57. The van der Waals surface area contributed by atoms with Crippen LogP contribution in [0.4, 0.5) is 4.79 Å². The monoisotopic (exact) mass is 446 g/mol. The Balaban J connectivity index is 0. The Morgan fingerprint density at radius 1 is 0.969 bits per heavy atom. The summed E-state index contributed by atoms with van der Waals surface area (Å²) in [5.41, 5.74) is 1.98. The number of ether oxygens (including phenoxy) is 1. The van der Waals surface area contributed by atoms with Gasteiger partial charge in [0, 0.05) is 24.7 Å². The average molecular weight is 447 g/mol. The number of carbonyl (C=O) groups is 2. The summed E-state index contributed by atoms with van der Waals surface area (Å²) < 4.78 is 5.28. The molecule has 1 aliphatic rings. The summed E-state index contributed by atoms with van der Waals surface area (Å²) in [6.45, 7) is 26.3. The highest BCUT2D eigenvalue weighted by atomic mass is 16.6. The maximum absolute atomic E-state index is 12.7. The predicted octanol–water partition coefficient (Wildman–Crippen LogP) is 7.18. The van der Waals surface area contributed by atoms with E-state index in [9.17, 15) is 9.59 Å². The number of hydrogen-bond donors (Lipinski definition) is 1. The Morgan fingerprint density at radius 2 is 1.47 bits per heavy atom. The lowest BCUT2D eigenvalue weighted by molar-refractivity contribution is 0.0473. The van der Waals surface area contributed by atoms with Crippen LogP contribution in [-0.4, -0.2) is 41.6 Å². The van der Waals surface area contributed by atoms with Crippen molar-refractivity contribution in [3.8, 4) is 0 Å². The zero-order chi connectivity index (χ0) is 25.3. The van der Waals surface area contributed by atoms with E-state index in [1.54, 1.807) is 12.2 Å². The highest BCUT2D eigenvalue weighted by molar-refractivity contribution is 5.95. The maximum Gasteiger partial charge on any atom is 0.407 e. The van der Waals surface area contributed by atoms with E-state index in [4.69, 9.17) is 4.74 Å². The third-order valence-corrected chi connectivity index (χ3v) is 4.28. The normalized spacial score (nSPS) is 13.0. The fourth-order valence-corrected chi connectivity index (χ4v) is 2.95.